The fourth-order valence-corrected chi connectivity index (χ4v) is 5.23. The number of hydrogen-bond acceptors (Lipinski definition) is 5. The van der Waals surface area contributed by atoms with Gasteiger partial charge < -0.3 is 14.9 Å². The van der Waals surface area contributed by atoms with Crippen LogP contribution in [0.4, 0.5) is 0 Å². The second-order valence-corrected chi connectivity index (χ2v) is 10.2. The summed E-state index contributed by atoms with van der Waals surface area (Å²) in [5.74, 6) is 0.611. The molecule has 1 fully saturated rings. The van der Waals surface area contributed by atoms with Crippen molar-refractivity contribution in [3.05, 3.63) is 47.3 Å². The molecule has 6 heteroatoms. The summed E-state index contributed by atoms with van der Waals surface area (Å²) in [4.78, 5) is 17.8. The van der Waals surface area contributed by atoms with Crippen molar-refractivity contribution in [3.63, 3.8) is 0 Å². The van der Waals surface area contributed by atoms with E-state index in [1.54, 1.807) is 6.07 Å². The normalized spacial score (nSPS) is 21.6. The van der Waals surface area contributed by atoms with Gasteiger partial charge in [0, 0.05) is 24.6 Å². The molecule has 2 atom stereocenters. The number of aliphatic hydroxyl groups excluding tert-OH is 1. The number of carbonyl (C=O) groups excluding carboxylic acids is 1. The molecule has 3 N–H and O–H groups in total. The Morgan fingerprint density at radius 1 is 1.30 bits per heavy atom. The fraction of sp³-hybridized carbons (Fsp3) is 0.556. The zero-order valence-corrected chi connectivity index (χ0v) is 19.7. The van der Waals surface area contributed by atoms with E-state index in [0.29, 0.717) is 37.2 Å². The van der Waals surface area contributed by atoms with E-state index in [0.717, 1.165) is 35.5 Å². The average molecular weight is 454 g/mol. The first-order chi connectivity index (χ1) is 15.9. The largest absolute Gasteiger partial charge is 0.504 e. The summed E-state index contributed by atoms with van der Waals surface area (Å²) in [5.41, 5.74) is 3.60. The maximum Gasteiger partial charge on any atom is 0.227 e. The first-order valence-electron chi connectivity index (χ1n) is 12.3. The van der Waals surface area contributed by atoms with Crippen LogP contribution in [-0.4, -0.2) is 41.6 Å². The number of phenols is 1. The molecule has 2 aliphatic heterocycles. The van der Waals surface area contributed by atoms with Crippen molar-refractivity contribution in [1.29, 1.82) is 0 Å². The van der Waals surface area contributed by atoms with Crippen LogP contribution in [0.15, 0.2) is 46.7 Å². The van der Waals surface area contributed by atoms with E-state index in [2.05, 4.69) is 11.9 Å². The van der Waals surface area contributed by atoms with Crippen LogP contribution in [0.2, 0.25) is 0 Å². The number of benzene rings is 1. The molecule has 0 spiro atoms. The third-order valence-corrected chi connectivity index (χ3v) is 7.30. The number of phenolic OH excluding ortho intramolecular Hbond substituents is 1. The zero-order valence-electron chi connectivity index (χ0n) is 19.7. The molecule has 3 aliphatic rings. The van der Waals surface area contributed by atoms with Crippen LogP contribution in [-0.2, 0) is 11.2 Å². The van der Waals surface area contributed by atoms with E-state index < -0.39 is 6.10 Å². The number of ketones is 1. The molecule has 1 unspecified atom stereocenters. The number of aliphatic imine (C=N–C) groups is 1. The van der Waals surface area contributed by atoms with Crippen LogP contribution >= 0.6 is 0 Å². The van der Waals surface area contributed by atoms with Gasteiger partial charge in [0.2, 0.25) is 6.73 Å². The van der Waals surface area contributed by atoms with E-state index in [9.17, 15) is 15.0 Å². The lowest BCUT2D eigenvalue weighted by Gasteiger charge is -2.23. The Morgan fingerprint density at radius 3 is 2.91 bits per heavy atom. The van der Waals surface area contributed by atoms with Gasteiger partial charge in [-0.2, -0.15) is 0 Å². The average Bonchev–Trinajstić information content (AvgIpc) is 3.49. The van der Waals surface area contributed by atoms with Crippen molar-refractivity contribution in [2.24, 2.45) is 10.4 Å². The summed E-state index contributed by atoms with van der Waals surface area (Å²) in [6, 6.07) is 5.25. The maximum atomic E-state index is 12.4. The quantitative estimate of drug-likeness (QED) is 0.452. The molecule has 0 saturated heterocycles. The van der Waals surface area contributed by atoms with Gasteiger partial charge in [-0.25, -0.2) is 0 Å². The summed E-state index contributed by atoms with van der Waals surface area (Å²) < 4.78 is 5.86. The molecule has 0 aromatic heterocycles. The predicted octanol–water partition coefficient (Wildman–Crippen LogP) is 3.48. The highest BCUT2D eigenvalue weighted by Crippen LogP contribution is 2.41. The Balaban J connectivity index is 1.18. The standard InChI is InChI=1S/C27H36N2O4/c1-27(11-2-3-12-27)13-4-5-22(30)16-23(31)8-6-20-7-9-25(32)26(15-20)33-19-29-17-21-10-14-28-24(21)18-29/h7,9-10,14-15,18,22,30,32H,2-6,8,11-13,16-17,19H2,1H3/p+1/t22-/m1/s1. The number of carbonyl (C=O) groups is 1. The molecule has 33 heavy (non-hydrogen) atoms. The van der Waals surface area contributed by atoms with Gasteiger partial charge in [0.05, 0.1) is 6.10 Å². The number of aliphatic hydroxyl groups is 1. The second kappa shape index (κ2) is 10.7. The first-order valence-corrected chi connectivity index (χ1v) is 12.3. The Labute approximate surface area is 196 Å². The molecule has 0 amide bonds. The number of hydrogen-bond donors (Lipinski definition) is 3. The summed E-state index contributed by atoms with van der Waals surface area (Å²) in [6.45, 7) is 3.58. The molecule has 0 bridgehead atoms. The second-order valence-electron chi connectivity index (χ2n) is 10.2. The minimum Gasteiger partial charge on any atom is -0.504 e. The summed E-state index contributed by atoms with van der Waals surface area (Å²) in [7, 11) is 0. The highest BCUT2D eigenvalue weighted by molar-refractivity contribution is 5.80. The van der Waals surface area contributed by atoms with Crippen LogP contribution in [0.25, 0.3) is 0 Å². The lowest BCUT2D eigenvalue weighted by Crippen LogP contribution is -3.07. The summed E-state index contributed by atoms with van der Waals surface area (Å²) in [5, 5.41) is 20.5. The molecule has 178 valence electrons. The number of allylic oxidation sites excluding steroid dienone is 1. The monoisotopic (exact) mass is 453 g/mol. The number of nitrogens with zero attached hydrogens (tertiary/aromatic N) is 1. The van der Waals surface area contributed by atoms with Gasteiger partial charge in [-0.3, -0.25) is 14.7 Å². The first kappa shape index (κ1) is 23.7. The number of fused-ring (bicyclic) bond motifs is 1. The van der Waals surface area contributed by atoms with Gasteiger partial charge in [-0.05, 0) is 61.3 Å². The van der Waals surface area contributed by atoms with Crippen LogP contribution in [0.1, 0.15) is 70.3 Å². The van der Waals surface area contributed by atoms with E-state index in [1.807, 2.05) is 30.6 Å². The van der Waals surface area contributed by atoms with E-state index >= 15 is 0 Å². The molecular weight excluding hydrogens is 416 g/mol. The third kappa shape index (κ3) is 6.55. The number of Topliss-reactive ketones (excluding diaryl/α,β-unsaturated/α-hetero) is 1. The van der Waals surface area contributed by atoms with E-state index in [-0.39, 0.29) is 18.0 Å². The van der Waals surface area contributed by atoms with Gasteiger partial charge in [0.25, 0.3) is 0 Å². The number of nitrogens with one attached hydrogen (secondary N) is 1. The molecule has 2 heterocycles. The smallest absolute Gasteiger partial charge is 0.227 e. The van der Waals surface area contributed by atoms with Crippen LogP contribution in [0, 0.1) is 5.41 Å². The molecule has 4 rings (SSSR count). The highest BCUT2D eigenvalue weighted by Gasteiger charge is 2.28. The molecule has 1 aromatic rings. The highest BCUT2D eigenvalue weighted by atomic mass is 16.5. The van der Waals surface area contributed by atoms with Gasteiger partial charge in [0.15, 0.2) is 11.5 Å². The van der Waals surface area contributed by atoms with Crippen molar-refractivity contribution >= 4 is 12.0 Å². The third-order valence-electron chi connectivity index (χ3n) is 7.30. The van der Waals surface area contributed by atoms with Gasteiger partial charge in [-0.15, -0.1) is 0 Å². The maximum absolute atomic E-state index is 12.4. The number of quaternary nitrogens is 1. The minimum absolute atomic E-state index is 0.0821. The van der Waals surface area contributed by atoms with Gasteiger partial charge in [0.1, 0.15) is 24.2 Å². The molecular formula is C27H37N2O4+. The van der Waals surface area contributed by atoms with Crippen LogP contribution in [0.3, 0.4) is 0 Å². The Bertz CT molecular complexity index is 943. The molecule has 1 aliphatic carbocycles. The topological polar surface area (TPSA) is 83.6 Å². The summed E-state index contributed by atoms with van der Waals surface area (Å²) >= 11 is 0. The van der Waals surface area contributed by atoms with Crippen molar-refractivity contribution < 1.29 is 24.6 Å². The number of aromatic hydroxyl groups is 1. The lowest BCUT2D eigenvalue weighted by molar-refractivity contribution is -0.854. The number of rotatable bonds is 12. The Morgan fingerprint density at radius 2 is 2.12 bits per heavy atom. The Hall–Kier alpha value is -2.44. The van der Waals surface area contributed by atoms with Gasteiger partial charge >= 0.3 is 0 Å². The van der Waals surface area contributed by atoms with Crippen LogP contribution < -0.4 is 9.64 Å². The van der Waals surface area contributed by atoms with Gasteiger partial charge in [-0.1, -0.05) is 32.3 Å². The zero-order chi connectivity index (χ0) is 23.3. The van der Waals surface area contributed by atoms with E-state index in [1.165, 1.54) is 31.3 Å². The van der Waals surface area contributed by atoms with Crippen molar-refractivity contribution in [1.82, 2.24) is 0 Å². The SMILES string of the molecule is CC1(CCC[C@@H](O)CC(=O)CCc2ccc(O)c(OC[NH+]3C=C4N=CC=C4C3)c2)CCCC1. The van der Waals surface area contributed by atoms with Crippen molar-refractivity contribution in [3.8, 4) is 11.5 Å². The fourth-order valence-electron chi connectivity index (χ4n) is 5.23. The number of aryl methyl sites for hydroxylation is 1. The minimum atomic E-state index is -0.544. The molecule has 0 radical (unpaired) electrons. The molecule has 1 saturated carbocycles. The van der Waals surface area contributed by atoms with Crippen LogP contribution in [0.5, 0.6) is 11.5 Å². The predicted molar refractivity (Wildman–Crippen MR) is 128 cm³/mol. The molecule has 6 nitrogen and oxygen atoms in total. The summed E-state index contributed by atoms with van der Waals surface area (Å²) in [6.07, 6.45) is 14.6. The van der Waals surface area contributed by atoms with E-state index in [4.69, 9.17) is 4.74 Å². The van der Waals surface area contributed by atoms with Crippen molar-refractivity contribution in [2.45, 2.75) is 77.2 Å². The number of ether oxygens (including phenoxy) is 1. The Kier molecular flexibility index (Phi) is 7.66. The van der Waals surface area contributed by atoms with Crippen molar-refractivity contribution in [2.75, 3.05) is 13.3 Å². The lowest BCUT2D eigenvalue weighted by atomic mass is 9.83. The molecule has 1 aromatic carbocycles.